The Hall–Kier alpha value is -4.48. The molecule has 0 saturated heterocycles. The van der Waals surface area contributed by atoms with Crippen LogP contribution < -0.4 is 15.8 Å². The molecule has 0 heterocycles. The zero-order valence-electron chi connectivity index (χ0n) is 23.9. The number of fused-ring (bicyclic) bond motifs is 3. The molecule has 43 heavy (non-hydrogen) atoms. The molecule has 3 aliphatic carbocycles. The maximum absolute atomic E-state index is 13.9. The summed E-state index contributed by atoms with van der Waals surface area (Å²) in [6.45, 7) is 2.59. The number of aromatic hydroxyl groups is 1. The molecule has 0 spiro atoms. The van der Waals surface area contributed by atoms with Crippen molar-refractivity contribution in [3.05, 3.63) is 69.7 Å². The van der Waals surface area contributed by atoms with Crippen LogP contribution in [0.25, 0.3) is 11.1 Å². The van der Waals surface area contributed by atoms with Crippen LogP contribution in [0.5, 0.6) is 11.5 Å². The normalized spacial score (nSPS) is 23.0. The predicted molar refractivity (Wildman–Crippen MR) is 154 cm³/mol. The summed E-state index contributed by atoms with van der Waals surface area (Å²) >= 11 is 0. The van der Waals surface area contributed by atoms with Crippen LogP contribution in [0.15, 0.2) is 53.0 Å². The molecule has 11 heteroatoms. The minimum Gasteiger partial charge on any atom is -0.511 e. The highest BCUT2D eigenvalue weighted by Crippen LogP contribution is 2.52. The van der Waals surface area contributed by atoms with Gasteiger partial charge >= 0.3 is 0 Å². The second-order valence-corrected chi connectivity index (χ2v) is 11.3. The van der Waals surface area contributed by atoms with Gasteiger partial charge in [0.1, 0.15) is 34.4 Å². The van der Waals surface area contributed by atoms with Crippen LogP contribution in [0, 0.1) is 11.8 Å². The summed E-state index contributed by atoms with van der Waals surface area (Å²) in [4.78, 5) is 50.9. The number of Topliss-reactive ketones (excluding diaryl/α,β-unsaturated/α-hetero) is 3. The number of amides is 1. The average Bonchev–Trinajstić information content (AvgIpc) is 2.95. The number of aliphatic hydroxyl groups is 3. The maximum atomic E-state index is 13.9. The smallest absolute Gasteiger partial charge is 0.255 e. The molecule has 0 aliphatic heterocycles. The lowest BCUT2D eigenvalue weighted by Crippen LogP contribution is -2.57. The molecular formula is C32H34N2O9. The number of rotatable bonds is 9. The van der Waals surface area contributed by atoms with E-state index in [1.165, 1.54) is 13.2 Å². The lowest BCUT2D eigenvalue weighted by molar-refractivity contribution is -0.144. The van der Waals surface area contributed by atoms with Crippen LogP contribution in [0.3, 0.4) is 0 Å². The number of ketones is 3. The Labute approximate surface area is 247 Å². The van der Waals surface area contributed by atoms with E-state index in [4.69, 9.17) is 10.5 Å². The van der Waals surface area contributed by atoms with Crippen LogP contribution in [0.2, 0.25) is 0 Å². The molecule has 0 aromatic heterocycles. The van der Waals surface area contributed by atoms with E-state index in [9.17, 15) is 39.6 Å². The van der Waals surface area contributed by atoms with Gasteiger partial charge < -0.3 is 36.2 Å². The number of methoxy groups -OCH3 is 1. The van der Waals surface area contributed by atoms with Gasteiger partial charge in [0.05, 0.1) is 19.2 Å². The van der Waals surface area contributed by atoms with Gasteiger partial charge in [0.2, 0.25) is 5.78 Å². The highest BCUT2D eigenvalue weighted by atomic mass is 16.5. The highest BCUT2D eigenvalue weighted by Gasteiger charge is 2.59. The molecule has 7 N–H and O–H groups in total. The number of phenolic OH excluding ortho intramolecular Hbond substituents is 1. The topological polar surface area (TPSA) is 196 Å². The standard InChI is InChI=1S/C32H34N2O9/c1-3-4-18(35)14-34-13-15-5-8-24(43-2)20(9-15)19-6-7-22(36)26-21(19)11-16-10-17-12-23(37)27(31(33)41)30(40)32(17,42)29(39)25(16)28(26)38/h5-9,16-17,34,36-37,39,42H,3-4,10-14H2,1-2H3,(H2,33,41)/t16-,17+,32+/m1/s1. The number of benzene rings is 2. The second kappa shape index (κ2) is 11.3. The number of hydrogen-bond donors (Lipinski definition) is 6. The van der Waals surface area contributed by atoms with Crippen molar-refractivity contribution < 1.29 is 44.3 Å². The van der Waals surface area contributed by atoms with Crippen LogP contribution in [0.4, 0.5) is 0 Å². The summed E-state index contributed by atoms with van der Waals surface area (Å²) in [6.07, 6.45) is 1.17. The molecule has 1 amide bonds. The van der Waals surface area contributed by atoms with Crippen molar-refractivity contribution in [1.82, 2.24) is 5.32 Å². The van der Waals surface area contributed by atoms with Gasteiger partial charge in [-0.1, -0.05) is 19.1 Å². The molecule has 2 aromatic carbocycles. The van der Waals surface area contributed by atoms with Crippen molar-refractivity contribution in [2.24, 2.45) is 17.6 Å². The van der Waals surface area contributed by atoms with Crippen molar-refractivity contribution in [2.45, 2.75) is 51.2 Å². The van der Waals surface area contributed by atoms with E-state index in [1.54, 1.807) is 12.1 Å². The van der Waals surface area contributed by atoms with Gasteiger partial charge in [-0.3, -0.25) is 19.2 Å². The first-order valence-electron chi connectivity index (χ1n) is 14.2. The van der Waals surface area contributed by atoms with E-state index in [0.29, 0.717) is 35.4 Å². The van der Waals surface area contributed by atoms with Crippen LogP contribution in [-0.2, 0) is 27.3 Å². The number of carbonyl (C=O) groups excluding carboxylic acids is 4. The molecule has 3 aliphatic rings. The molecule has 3 atom stereocenters. The molecule has 5 rings (SSSR count). The van der Waals surface area contributed by atoms with Gasteiger partial charge in [0, 0.05) is 36.4 Å². The number of ether oxygens (including phenoxy) is 1. The Morgan fingerprint density at radius 2 is 1.84 bits per heavy atom. The molecule has 11 nitrogen and oxygen atoms in total. The zero-order chi connectivity index (χ0) is 31.2. The van der Waals surface area contributed by atoms with Crippen LogP contribution in [0.1, 0.15) is 54.1 Å². The largest absolute Gasteiger partial charge is 0.511 e. The van der Waals surface area contributed by atoms with Crippen LogP contribution >= 0.6 is 0 Å². The van der Waals surface area contributed by atoms with Gasteiger partial charge in [-0.15, -0.1) is 0 Å². The van der Waals surface area contributed by atoms with Crippen molar-refractivity contribution in [3.8, 4) is 22.6 Å². The van der Waals surface area contributed by atoms with E-state index in [1.807, 2.05) is 19.1 Å². The summed E-state index contributed by atoms with van der Waals surface area (Å²) in [5, 5.41) is 47.1. The van der Waals surface area contributed by atoms with E-state index in [2.05, 4.69) is 5.32 Å². The number of nitrogens with two attached hydrogens (primary N) is 1. The van der Waals surface area contributed by atoms with Gasteiger partial charge in [0.15, 0.2) is 11.4 Å². The monoisotopic (exact) mass is 590 g/mol. The van der Waals surface area contributed by atoms with Gasteiger partial charge in [-0.25, -0.2) is 0 Å². The number of hydrogen-bond acceptors (Lipinski definition) is 10. The summed E-state index contributed by atoms with van der Waals surface area (Å²) in [7, 11) is 1.51. The highest BCUT2D eigenvalue weighted by molar-refractivity contribution is 6.24. The first-order valence-corrected chi connectivity index (χ1v) is 14.2. The van der Waals surface area contributed by atoms with E-state index in [0.717, 1.165) is 12.0 Å². The van der Waals surface area contributed by atoms with Crippen molar-refractivity contribution >= 4 is 23.3 Å². The Kier molecular flexibility index (Phi) is 7.89. The Morgan fingerprint density at radius 3 is 2.51 bits per heavy atom. The van der Waals surface area contributed by atoms with Crippen molar-refractivity contribution in [3.63, 3.8) is 0 Å². The fourth-order valence-corrected chi connectivity index (χ4v) is 6.66. The summed E-state index contributed by atoms with van der Waals surface area (Å²) in [5.74, 6) is -6.14. The minimum atomic E-state index is -2.62. The number of aliphatic hydroxyl groups excluding tert-OH is 2. The third-order valence-corrected chi connectivity index (χ3v) is 8.68. The molecule has 226 valence electrons. The van der Waals surface area contributed by atoms with E-state index >= 15 is 0 Å². The Bertz CT molecular complexity index is 1620. The molecular weight excluding hydrogens is 556 g/mol. The number of allylic oxidation sites excluding steroid dienone is 2. The number of phenols is 1. The van der Waals surface area contributed by atoms with Gasteiger partial charge in [-0.2, -0.15) is 0 Å². The predicted octanol–water partition coefficient (Wildman–Crippen LogP) is 2.71. The van der Waals surface area contributed by atoms with E-state index in [-0.39, 0.29) is 48.5 Å². The molecule has 0 fully saturated rings. The molecule has 0 saturated carbocycles. The van der Waals surface area contributed by atoms with Crippen molar-refractivity contribution in [2.75, 3.05) is 13.7 Å². The fourth-order valence-electron chi connectivity index (χ4n) is 6.66. The molecule has 0 unspecified atom stereocenters. The molecule has 0 bridgehead atoms. The molecule has 2 aromatic rings. The summed E-state index contributed by atoms with van der Waals surface area (Å²) in [6, 6.07) is 8.55. The lowest BCUT2D eigenvalue weighted by atomic mass is 9.60. The fraction of sp³-hybridized carbons (Fsp3) is 0.375. The van der Waals surface area contributed by atoms with Gasteiger partial charge in [0.25, 0.3) is 5.91 Å². The average molecular weight is 591 g/mol. The number of nitrogens with one attached hydrogen (secondary N) is 1. The Balaban J connectivity index is 1.57. The second-order valence-electron chi connectivity index (χ2n) is 11.3. The lowest BCUT2D eigenvalue weighted by Gasteiger charge is -2.45. The first-order chi connectivity index (χ1) is 20.4. The van der Waals surface area contributed by atoms with Crippen LogP contribution in [-0.4, -0.2) is 62.9 Å². The number of carbonyl (C=O) groups is 4. The van der Waals surface area contributed by atoms with Gasteiger partial charge in [-0.05, 0) is 60.1 Å². The minimum absolute atomic E-state index is 0.0326. The van der Waals surface area contributed by atoms with E-state index < -0.39 is 52.0 Å². The summed E-state index contributed by atoms with van der Waals surface area (Å²) < 4.78 is 5.63. The third-order valence-electron chi connectivity index (χ3n) is 8.68. The molecule has 0 radical (unpaired) electrons. The van der Waals surface area contributed by atoms with Crippen molar-refractivity contribution in [1.29, 1.82) is 0 Å². The SMILES string of the molecule is CCCC(=O)CNCc1ccc(OC)c(-c2ccc(O)c3c2C[C@H]2C[C@H]4CC(O)=C(C(N)=O)C(=O)[C@@]4(O)C(O)=C2C3=O)c1. The Morgan fingerprint density at radius 1 is 1.09 bits per heavy atom. The zero-order valence-corrected chi connectivity index (χ0v) is 23.9. The first kappa shape index (κ1) is 30.0. The summed E-state index contributed by atoms with van der Waals surface area (Å²) in [5.41, 5.74) is 4.14. The number of primary amides is 1. The third kappa shape index (κ3) is 4.88. The quantitative estimate of drug-likeness (QED) is 0.236. The maximum Gasteiger partial charge on any atom is 0.255 e.